The molecule has 0 aromatic heterocycles. The number of amides is 1. The van der Waals surface area contributed by atoms with Crippen LogP contribution in [0.15, 0.2) is 18.2 Å². The van der Waals surface area contributed by atoms with Crippen LogP contribution in [0.5, 0.6) is 5.75 Å². The molecule has 6 nitrogen and oxygen atoms in total. The highest BCUT2D eigenvalue weighted by Gasteiger charge is 2.41. The molecule has 1 atom stereocenters. The Labute approximate surface area is 148 Å². The van der Waals surface area contributed by atoms with Crippen molar-refractivity contribution in [1.29, 1.82) is 0 Å². The SMILES string of the molecule is CCOc1ccc(C(=O)CCC(=O)N[C@H](CC(=O)O)C(F)(F)F)cc1C. The average Bonchev–Trinajstić information content (AvgIpc) is 2.52. The number of carboxylic acids is 1. The van der Waals surface area contributed by atoms with Gasteiger partial charge in [0.1, 0.15) is 11.8 Å². The van der Waals surface area contributed by atoms with Gasteiger partial charge in [-0.2, -0.15) is 13.2 Å². The number of aryl methyl sites for hydroxylation is 1. The number of carboxylic acid groups (broad SMARTS) is 1. The molecule has 0 spiro atoms. The first-order chi connectivity index (χ1) is 12.0. The summed E-state index contributed by atoms with van der Waals surface area (Å²) in [6, 6.07) is 2.21. The van der Waals surface area contributed by atoms with Crippen molar-refractivity contribution in [3.63, 3.8) is 0 Å². The van der Waals surface area contributed by atoms with E-state index in [1.807, 2.05) is 6.92 Å². The second-order valence-electron chi connectivity index (χ2n) is 5.60. The molecule has 1 amide bonds. The molecule has 0 saturated carbocycles. The van der Waals surface area contributed by atoms with E-state index in [1.54, 1.807) is 24.4 Å². The molecule has 9 heteroatoms. The lowest BCUT2D eigenvalue weighted by molar-refractivity contribution is -0.170. The first-order valence-electron chi connectivity index (χ1n) is 7.89. The monoisotopic (exact) mass is 375 g/mol. The van der Waals surface area contributed by atoms with Crippen LogP contribution in [-0.2, 0) is 9.59 Å². The number of nitrogens with one attached hydrogen (secondary N) is 1. The van der Waals surface area contributed by atoms with Gasteiger partial charge in [-0.25, -0.2) is 0 Å². The Morgan fingerprint density at radius 2 is 1.88 bits per heavy atom. The number of carbonyl (C=O) groups excluding carboxylic acids is 2. The quantitative estimate of drug-likeness (QED) is 0.648. The maximum absolute atomic E-state index is 12.7. The number of ketones is 1. The first-order valence-corrected chi connectivity index (χ1v) is 7.89. The van der Waals surface area contributed by atoms with Gasteiger partial charge in [0.25, 0.3) is 0 Å². The van der Waals surface area contributed by atoms with Crippen LogP contribution in [-0.4, -0.2) is 41.6 Å². The maximum Gasteiger partial charge on any atom is 0.409 e. The summed E-state index contributed by atoms with van der Waals surface area (Å²) < 4.78 is 43.4. The van der Waals surface area contributed by atoms with Crippen LogP contribution < -0.4 is 10.1 Å². The molecular weight excluding hydrogens is 355 g/mol. The van der Waals surface area contributed by atoms with E-state index >= 15 is 0 Å². The fraction of sp³-hybridized carbons (Fsp3) is 0.471. The number of hydrogen-bond acceptors (Lipinski definition) is 4. The Bertz CT molecular complexity index is 673. The Balaban J connectivity index is 2.64. The summed E-state index contributed by atoms with van der Waals surface area (Å²) in [6.07, 6.45) is -6.93. The first kappa shape index (κ1) is 21.5. The van der Waals surface area contributed by atoms with Gasteiger partial charge in [0.05, 0.1) is 13.0 Å². The van der Waals surface area contributed by atoms with Crippen LogP contribution >= 0.6 is 0 Å². The van der Waals surface area contributed by atoms with E-state index in [0.717, 1.165) is 5.56 Å². The predicted molar refractivity (Wildman–Crippen MR) is 86.2 cm³/mol. The number of benzene rings is 1. The van der Waals surface area contributed by atoms with E-state index in [0.29, 0.717) is 17.9 Å². The number of carbonyl (C=O) groups is 3. The van der Waals surface area contributed by atoms with Crippen LogP contribution in [0.3, 0.4) is 0 Å². The molecule has 0 unspecified atom stereocenters. The lowest BCUT2D eigenvalue weighted by Gasteiger charge is -2.19. The third-order valence-electron chi connectivity index (χ3n) is 3.48. The van der Waals surface area contributed by atoms with Crippen LogP contribution in [0.2, 0.25) is 0 Å². The fourth-order valence-electron chi connectivity index (χ4n) is 2.20. The predicted octanol–water partition coefficient (Wildman–Crippen LogP) is 2.88. The Hall–Kier alpha value is -2.58. The van der Waals surface area contributed by atoms with Gasteiger partial charge in [-0.3, -0.25) is 14.4 Å². The van der Waals surface area contributed by atoms with Gasteiger partial charge in [-0.15, -0.1) is 0 Å². The zero-order valence-electron chi connectivity index (χ0n) is 14.4. The summed E-state index contributed by atoms with van der Waals surface area (Å²) in [5, 5.41) is 10.1. The molecule has 1 aromatic carbocycles. The molecule has 144 valence electrons. The van der Waals surface area contributed by atoms with Crippen molar-refractivity contribution < 1.29 is 37.4 Å². The molecule has 0 fully saturated rings. The normalized spacial score (nSPS) is 12.3. The second-order valence-corrected chi connectivity index (χ2v) is 5.60. The largest absolute Gasteiger partial charge is 0.494 e. The Kier molecular flexibility index (Phi) is 7.60. The van der Waals surface area contributed by atoms with Crippen molar-refractivity contribution in [2.75, 3.05) is 6.61 Å². The molecule has 26 heavy (non-hydrogen) atoms. The van der Waals surface area contributed by atoms with Gasteiger partial charge in [0.2, 0.25) is 5.91 Å². The minimum Gasteiger partial charge on any atom is -0.494 e. The molecular formula is C17H20F3NO5. The molecule has 1 rings (SSSR count). The van der Waals surface area contributed by atoms with E-state index in [4.69, 9.17) is 9.84 Å². The van der Waals surface area contributed by atoms with Crippen molar-refractivity contribution in [3.8, 4) is 5.75 Å². The van der Waals surface area contributed by atoms with Gasteiger partial charge in [0, 0.05) is 18.4 Å². The topological polar surface area (TPSA) is 92.7 Å². The maximum atomic E-state index is 12.7. The number of rotatable bonds is 9. The summed E-state index contributed by atoms with van der Waals surface area (Å²) in [7, 11) is 0. The van der Waals surface area contributed by atoms with Crippen LogP contribution in [0.25, 0.3) is 0 Å². The van der Waals surface area contributed by atoms with Crippen molar-refractivity contribution in [1.82, 2.24) is 5.32 Å². The zero-order valence-corrected chi connectivity index (χ0v) is 14.4. The molecule has 0 aliphatic carbocycles. The van der Waals surface area contributed by atoms with Gasteiger partial charge >= 0.3 is 12.1 Å². The number of aliphatic carboxylic acids is 1. The second kappa shape index (κ2) is 9.21. The molecule has 0 saturated heterocycles. The molecule has 0 heterocycles. The molecule has 0 aliphatic heterocycles. The van der Waals surface area contributed by atoms with Crippen LogP contribution in [0, 0.1) is 6.92 Å². The van der Waals surface area contributed by atoms with E-state index in [9.17, 15) is 27.6 Å². The summed E-state index contributed by atoms with van der Waals surface area (Å²) in [5.74, 6) is -2.52. The van der Waals surface area contributed by atoms with E-state index < -0.39 is 42.7 Å². The number of ether oxygens (including phenoxy) is 1. The third kappa shape index (κ3) is 6.73. The Morgan fingerprint density at radius 1 is 1.23 bits per heavy atom. The third-order valence-corrected chi connectivity index (χ3v) is 3.48. The minimum absolute atomic E-state index is 0.295. The number of alkyl halides is 3. The summed E-state index contributed by atoms with van der Waals surface area (Å²) in [5.41, 5.74) is 1.04. The summed E-state index contributed by atoms with van der Waals surface area (Å²) >= 11 is 0. The molecule has 0 radical (unpaired) electrons. The molecule has 2 N–H and O–H groups in total. The van der Waals surface area contributed by atoms with Gasteiger partial charge < -0.3 is 15.2 Å². The minimum atomic E-state index is -4.88. The van der Waals surface area contributed by atoms with E-state index in [1.165, 1.54) is 6.07 Å². The number of hydrogen-bond donors (Lipinski definition) is 2. The lowest BCUT2D eigenvalue weighted by atomic mass is 10.0. The van der Waals surface area contributed by atoms with Gasteiger partial charge in [0.15, 0.2) is 5.78 Å². The van der Waals surface area contributed by atoms with Crippen molar-refractivity contribution in [3.05, 3.63) is 29.3 Å². The zero-order chi connectivity index (χ0) is 19.9. The van der Waals surface area contributed by atoms with E-state index in [-0.39, 0.29) is 6.42 Å². The van der Waals surface area contributed by atoms with Gasteiger partial charge in [-0.05, 0) is 37.6 Å². The smallest absolute Gasteiger partial charge is 0.409 e. The standard InChI is InChI=1S/C17H20F3NO5/c1-3-26-13-6-4-11(8-10(13)2)12(22)5-7-15(23)21-14(9-16(24)25)17(18,19)20/h4,6,8,14H,3,5,7,9H2,1-2H3,(H,21,23)(H,24,25)/t14-/m1/s1. The molecule has 0 bridgehead atoms. The highest BCUT2D eigenvalue weighted by Crippen LogP contribution is 2.23. The summed E-state index contributed by atoms with van der Waals surface area (Å²) in [4.78, 5) is 34.2. The number of halogens is 3. The van der Waals surface area contributed by atoms with E-state index in [2.05, 4.69) is 0 Å². The van der Waals surface area contributed by atoms with Crippen LogP contribution in [0.4, 0.5) is 13.2 Å². The average molecular weight is 375 g/mol. The Morgan fingerprint density at radius 3 is 2.38 bits per heavy atom. The molecule has 1 aromatic rings. The highest BCUT2D eigenvalue weighted by molar-refractivity contribution is 5.98. The lowest BCUT2D eigenvalue weighted by Crippen LogP contribution is -2.46. The summed E-state index contributed by atoms with van der Waals surface area (Å²) in [6.45, 7) is 4.02. The highest BCUT2D eigenvalue weighted by atomic mass is 19.4. The van der Waals surface area contributed by atoms with Crippen molar-refractivity contribution in [2.45, 2.75) is 45.3 Å². The van der Waals surface area contributed by atoms with Crippen LogP contribution in [0.1, 0.15) is 42.1 Å². The van der Waals surface area contributed by atoms with Gasteiger partial charge in [-0.1, -0.05) is 0 Å². The fourth-order valence-corrected chi connectivity index (χ4v) is 2.20. The molecule has 0 aliphatic rings. The van der Waals surface area contributed by atoms with Crippen molar-refractivity contribution in [2.24, 2.45) is 0 Å². The van der Waals surface area contributed by atoms with Crippen molar-refractivity contribution >= 4 is 17.7 Å². The number of Topliss-reactive ketones (excluding diaryl/α,β-unsaturated/α-hetero) is 1.